The Labute approximate surface area is 110 Å². The predicted molar refractivity (Wildman–Crippen MR) is 73.8 cm³/mol. The highest BCUT2D eigenvalue weighted by Crippen LogP contribution is 2.14. The van der Waals surface area contributed by atoms with Crippen molar-refractivity contribution < 1.29 is 4.79 Å². The van der Waals surface area contributed by atoms with Crippen LogP contribution in [0.25, 0.3) is 0 Å². The van der Waals surface area contributed by atoms with Gasteiger partial charge in [0.2, 0.25) is 0 Å². The monoisotopic (exact) mass is 251 g/mol. The summed E-state index contributed by atoms with van der Waals surface area (Å²) in [7, 11) is 0. The molecule has 0 aliphatic rings. The first-order chi connectivity index (χ1) is 8.60. The van der Waals surface area contributed by atoms with Crippen molar-refractivity contribution in [1.82, 2.24) is 15.1 Å². The maximum Gasteiger partial charge on any atom is 0.269 e. The Morgan fingerprint density at radius 2 is 2.11 bits per heavy atom. The summed E-state index contributed by atoms with van der Waals surface area (Å²) >= 11 is 0. The summed E-state index contributed by atoms with van der Waals surface area (Å²) in [6.07, 6.45) is 3.37. The number of nitrogens with zero attached hydrogens (tertiary/aromatic N) is 2. The van der Waals surface area contributed by atoms with Crippen molar-refractivity contribution in [3.05, 3.63) is 17.5 Å². The molecule has 0 saturated heterocycles. The molecule has 4 nitrogen and oxygen atoms in total. The van der Waals surface area contributed by atoms with Crippen LogP contribution in [-0.4, -0.2) is 22.2 Å². The van der Waals surface area contributed by atoms with Gasteiger partial charge in [-0.2, -0.15) is 5.10 Å². The van der Waals surface area contributed by atoms with Gasteiger partial charge in [0.25, 0.3) is 5.91 Å². The van der Waals surface area contributed by atoms with Gasteiger partial charge in [0, 0.05) is 13.1 Å². The highest BCUT2D eigenvalue weighted by Gasteiger charge is 2.15. The van der Waals surface area contributed by atoms with E-state index in [-0.39, 0.29) is 5.91 Å². The van der Waals surface area contributed by atoms with E-state index < -0.39 is 0 Å². The van der Waals surface area contributed by atoms with Gasteiger partial charge in [-0.25, -0.2) is 0 Å². The molecule has 1 aromatic rings. The third-order valence-corrected chi connectivity index (χ3v) is 2.99. The van der Waals surface area contributed by atoms with Crippen LogP contribution in [0.15, 0.2) is 6.07 Å². The maximum absolute atomic E-state index is 12.1. The molecule has 1 heterocycles. The molecule has 18 heavy (non-hydrogen) atoms. The fourth-order valence-electron chi connectivity index (χ4n) is 1.81. The highest BCUT2D eigenvalue weighted by molar-refractivity contribution is 5.92. The molecule has 4 heteroatoms. The van der Waals surface area contributed by atoms with E-state index in [0.717, 1.165) is 31.6 Å². The first-order valence-corrected chi connectivity index (χ1v) is 6.96. The molecule has 0 fully saturated rings. The topological polar surface area (TPSA) is 46.9 Å². The zero-order chi connectivity index (χ0) is 13.5. The lowest BCUT2D eigenvalue weighted by atomic mass is 10.1. The second-order valence-electron chi connectivity index (χ2n) is 4.89. The van der Waals surface area contributed by atoms with Crippen LogP contribution in [0.2, 0.25) is 0 Å². The summed E-state index contributed by atoms with van der Waals surface area (Å²) in [5.41, 5.74) is 1.66. The van der Waals surface area contributed by atoms with Gasteiger partial charge >= 0.3 is 0 Å². The quantitative estimate of drug-likeness (QED) is 0.757. The van der Waals surface area contributed by atoms with Crippen LogP contribution in [0.3, 0.4) is 0 Å². The van der Waals surface area contributed by atoms with Crippen LogP contribution in [0.5, 0.6) is 0 Å². The predicted octanol–water partition coefficient (Wildman–Crippen LogP) is 2.95. The van der Waals surface area contributed by atoms with Crippen molar-refractivity contribution in [2.45, 2.75) is 59.4 Å². The molecule has 102 valence electrons. The number of unbranched alkanes of at least 4 members (excludes halogenated alkanes) is 2. The van der Waals surface area contributed by atoms with Gasteiger partial charge in [0.05, 0.1) is 5.69 Å². The molecule has 0 saturated carbocycles. The molecule has 1 N–H and O–H groups in total. The van der Waals surface area contributed by atoms with Gasteiger partial charge in [-0.3, -0.25) is 9.48 Å². The van der Waals surface area contributed by atoms with Gasteiger partial charge < -0.3 is 5.32 Å². The summed E-state index contributed by atoms with van der Waals surface area (Å²) in [4.78, 5) is 12.1. The normalized spacial score (nSPS) is 10.9. The van der Waals surface area contributed by atoms with E-state index >= 15 is 0 Å². The maximum atomic E-state index is 12.1. The number of nitrogens with one attached hydrogen (secondary N) is 1. The smallest absolute Gasteiger partial charge is 0.269 e. The van der Waals surface area contributed by atoms with Crippen LogP contribution >= 0.6 is 0 Å². The van der Waals surface area contributed by atoms with E-state index in [1.165, 1.54) is 6.42 Å². The van der Waals surface area contributed by atoms with E-state index in [2.05, 4.69) is 31.2 Å². The van der Waals surface area contributed by atoms with Gasteiger partial charge in [0.1, 0.15) is 5.69 Å². The molecule has 0 spiro atoms. The molecule has 0 radical (unpaired) electrons. The zero-order valence-electron chi connectivity index (χ0n) is 12.0. The van der Waals surface area contributed by atoms with Gasteiger partial charge in [-0.05, 0) is 25.3 Å². The van der Waals surface area contributed by atoms with E-state index in [1.807, 2.05) is 13.0 Å². The number of carbonyl (C=O) groups excluding carboxylic acids is 1. The Kier molecular flexibility index (Phi) is 5.89. The Hall–Kier alpha value is -1.32. The SMILES string of the molecule is CCCCCNC(=O)c1cc(C(C)C)nn1CC. The molecular weight excluding hydrogens is 226 g/mol. The molecule has 0 aromatic carbocycles. The first kappa shape index (κ1) is 14.7. The van der Waals surface area contributed by atoms with Crippen molar-refractivity contribution in [2.75, 3.05) is 6.54 Å². The van der Waals surface area contributed by atoms with Crippen LogP contribution in [0, 0.1) is 0 Å². The van der Waals surface area contributed by atoms with E-state index in [1.54, 1.807) is 4.68 Å². The number of hydrogen-bond donors (Lipinski definition) is 1. The summed E-state index contributed by atoms with van der Waals surface area (Å²) < 4.78 is 1.78. The molecule has 1 rings (SSSR count). The lowest BCUT2D eigenvalue weighted by Crippen LogP contribution is -2.27. The second-order valence-corrected chi connectivity index (χ2v) is 4.89. The Morgan fingerprint density at radius 3 is 2.67 bits per heavy atom. The summed E-state index contributed by atoms with van der Waals surface area (Å²) in [6.45, 7) is 9.81. The van der Waals surface area contributed by atoms with Crippen molar-refractivity contribution in [3.63, 3.8) is 0 Å². The number of rotatable bonds is 7. The fraction of sp³-hybridized carbons (Fsp3) is 0.714. The van der Waals surface area contributed by atoms with Gasteiger partial charge in [-0.15, -0.1) is 0 Å². The van der Waals surface area contributed by atoms with Crippen LogP contribution in [-0.2, 0) is 6.54 Å². The molecule has 0 unspecified atom stereocenters. The number of carbonyl (C=O) groups is 1. The number of aryl methyl sites for hydroxylation is 1. The van der Waals surface area contributed by atoms with Gasteiger partial charge in [0.15, 0.2) is 0 Å². The van der Waals surface area contributed by atoms with Crippen molar-refractivity contribution in [1.29, 1.82) is 0 Å². The second kappa shape index (κ2) is 7.19. The highest BCUT2D eigenvalue weighted by atomic mass is 16.2. The van der Waals surface area contributed by atoms with Crippen LogP contribution in [0.4, 0.5) is 0 Å². The molecule has 1 amide bonds. The van der Waals surface area contributed by atoms with Crippen LogP contribution < -0.4 is 5.32 Å². The Bertz CT molecular complexity index is 382. The average molecular weight is 251 g/mol. The summed E-state index contributed by atoms with van der Waals surface area (Å²) in [5.74, 6) is 0.344. The third-order valence-electron chi connectivity index (χ3n) is 2.99. The van der Waals surface area contributed by atoms with E-state index in [9.17, 15) is 4.79 Å². The van der Waals surface area contributed by atoms with Crippen molar-refractivity contribution >= 4 is 5.91 Å². The van der Waals surface area contributed by atoms with Crippen molar-refractivity contribution in [2.24, 2.45) is 0 Å². The zero-order valence-corrected chi connectivity index (χ0v) is 12.0. The molecule has 0 aliphatic carbocycles. The van der Waals surface area contributed by atoms with Crippen LogP contribution in [0.1, 0.15) is 69.1 Å². The Balaban J connectivity index is 2.66. The molecule has 1 aromatic heterocycles. The van der Waals surface area contributed by atoms with E-state index in [4.69, 9.17) is 0 Å². The first-order valence-electron chi connectivity index (χ1n) is 6.96. The molecule has 0 atom stereocenters. The average Bonchev–Trinajstić information content (AvgIpc) is 2.78. The number of amides is 1. The summed E-state index contributed by atoms with van der Waals surface area (Å²) in [6, 6.07) is 1.91. The summed E-state index contributed by atoms with van der Waals surface area (Å²) in [5, 5.41) is 7.41. The molecular formula is C14H25N3O. The van der Waals surface area contributed by atoms with E-state index in [0.29, 0.717) is 11.6 Å². The minimum atomic E-state index is -0.00708. The fourth-order valence-corrected chi connectivity index (χ4v) is 1.81. The van der Waals surface area contributed by atoms with Crippen molar-refractivity contribution in [3.8, 4) is 0 Å². The number of hydrogen-bond acceptors (Lipinski definition) is 2. The standard InChI is InChI=1S/C14H25N3O/c1-5-7-8-9-15-14(18)13-10-12(11(3)4)16-17(13)6-2/h10-11H,5-9H2,1-4H3,(H,15,18). The Morgan fingerprint density at radius 1 is 1.39 bits per heavy atom. The largest absolute Gasteiger partial charge is 0.351 e. The lowest BCUT2D eigenvalue weighted by Gasteiger charge is -2.05. The molecule has 0 aliphatic heterocycles. The molecule has 0 bridgehead atoms. The minimum absolute atomic E-state index is 0.00708. The van der Waals surface area contributed by atoms with Gasteiger partial charge in [-0.1, -0.05) is 33.6 Å². The number of aromatic nitrogens is 2. The minimum Gasteiger partial charge on any atom is -0.351 e. The third kappa shape index (κ3) is 3.86. The lowest BCUT2D eigenvalue weighted by molar-refractivity contribution is 0.0942.